The highest BCUT2D eigenvalue weighted by Gasteiger charge is 2.61. The van der Waals surface area contributed by atoms with Crippen LogP contribution >= 0.6 is 0 Å². The van der Waals surface area contributed by atoms with Crippen molar-refractivity contribution in [2.45, 2.75) is 44.7 Å². The summed E-state index contributed by atoms with van der Waals surface area (Å²) in [6.07, 6.45) is -2.00. The monoisotopic (exact) mass is 301 g/mol. The van der Waals surface area contributed by atoms with Gasteiger partial charge in [-0.25, -0.2) is 0 Å². The molecule has 1 fully saturated rings. The third kappa shape index (κ3) is 4.33. The van der Waals surface area contributed by atoms with Gasteiger partial charge in [0, 0.05) is 13.1 Å². The highest BCUT2D eigenvalue weighted by Crippen LogP contribution is 2.42. The SMILES string of the molecule is CCCCC/C=C(/N1CCOCC1)C(F)(F)C(F)(F)F. The topological polar surface area (TPSA) is 12.5 Å². The summed E-state index contributed by atoms with van der Waals surface area (Å²) in [6, 6.07) is 0. The number of hydrogen-bond donors (Lipinski definition) is 0. The summed E-state index contributed by atoms with van der Waals surface area (Å²) in [4.78, 5) is 1.09. The van der Waals surface area contributed by atoms with Gasteiger partial charge >= 0.3 is 12.1 Å². The van der Waals surface area contributed by atoms with Crippen molar-refractivity contribution in [2.75, 3.05) is 26.3 Å². The average molecular weight is 301 g/mol. The molecule has 0 N–H and O–H groups in total. The maximum Gasteiger partial charge on any atom is 0.459 e. The Morgan fingerprint density at radius 3 is 2.20 bits per heavy atom. The molecule has 0 radical (unpaired) electrons. The van der Waals surface area contributed by atoms with Crippen molar-refractivity contribution in [1.29, 1.82) is 0 Å². The lowest BCUT2D eigenvalue weighted by Crippen LogP contribution is -2.48. The minimum absolute atomic E-state index is 0.0608. The molecule has 0 spiro atoms. The fourth-order valence-corrected chi connectivity index (χ4v) is 2.04. The molecule has 1 heterocycles. The summed E-state index contributed by atoms with van der Waals surface area (Å²) >= 11 is 0. The Morgan fingerprint density at radius 2 is 1.70 bits per heavy atom. The molecule has 1 aliphatic heterocycles. The van der Waals surface area contributed by atoms with Crippen LogP contribution in [0.4, 0.5) is 22.0 Å². The van der Waals surface area contributed by atoms with Crippen molar-refractivity contribution >= 4 is 0 Å². The Balaban J connectivity index is 2.88. The van der Waals surface area contributed by atoms with Gasteiger partial charge in [-0.05, 0) is 12.8 Å². The normalized spacial score (nSPS) is 18.5. The molecule has 0 aromatic heterocycles. The van der Waals surface area contributed by atoms with Crippen molar-refractivity contribution in [3.05, 3.63) is 11.8 Å². The van der Waals surface area contributed by atoms with Crippen LogP contribution in [0.1, 0.15) is 32.6 Å². The molecule has 2 nitrogen and oxygen atoms in total. The first-order chi connectivity index (χ1) is 9.30. The zero-order chi connectivity index (χ0) is 15.2. The van der Waals surface area contributed by atoms with E-state index >= 15 is 0 Å². The van der Waals surface area contributed by atoms with Gasteiger partial charge in [-0.3, -0.25) is 0 Å². The van der Waals surface area contributed by atoms with Crippen LogP contribution in [-0.2, 0) is 4.74 Å². The van der Waals surface area contributed by atoms with E-state index in [9.17, 15) is 22.0 Å². The van der Waals surface area contributed by atoms with Crippen LogP contribution in [0.2, 0.25) is 0 Å². The molecule has 0 unspecified atom stereocenters. The molecule has 118 valence electrons. The molecular weight excluding hydrogens is 281 g/mol. The molecule has 0 amide bonds. The number of allylic oxidation sites excluding steroid dienone is 2. The Labute approximate surface area is 115 Å². The summed E-state index contributed by atoms with van der Waals surface area (Å²) in [5, 5.41) is 0. The van der Waals surface area contributed by atoms with Gasteiger partial charge in [0.1, 0.15) is 0 Å². The summed E-state index contributed by atoms with van der Waals surface area (Å²) in [5.74, 6) is -4.81. The standard InChI is InChI=1S/C13H20F5NO/c1-2-3-4-5-6-11(12(14,15)13(16,17)18)19-7-9-20-10-8-19/h6H,2-5,7-10H2,1H3/b11-6+. The fraction of sp³-hybridized carbons (Fsp3) is 0.846. The maximum absolute atomic E-state index is 13.6. The first-order valence-corrected chi connectivity index (χ1v) is 6.78. The second-order valence-corrected chi connectivity index (χ2v) is 4.76. The Morgan fingerprint density at radius 1 is 1.10 bits per heavy atom. The molecule has 0 bridgehead atoms. The zero-order valence-corrected chi connectivity index (χ0v) is 11.5. The number of rotatable bonds is 6. The van der Waals surface area contributed by atoms with E-state index in [2.05, 4.69) is 0 Å². The molecule has 1 aliphatic rings. The lowest BCUT2D eigenvalue weighted by atomic mass is 10.1. The van der Waals surface area contributed by atoms with Crippen LogP contribution in [-0.4, -0.2) is 43.3 Å². The van der Waals surface area contributed by atoms with Gasteiger partial charge in [0.25, 0.3) is 0 Å². The summed E-state index contributed by atoms with van der Waals surface area (Å²) in [6.45, 7) is 2.40. The molecular formula is C13H20F5NO. The van der Waals surface area contributed by atoms with Crippen LogP contribution in [0.25, 0.3) is 0 Å². The van der Waals surface area contributed by atoms with Gasteiger partial charge in [0.05, 0.1) is 18.9 Å². The second kappa shape index (κ2) is 7.24. The highest BCUT2D eigenvalue weighted by atomic mass is 19.4. The Kier molecular flexibility index (Phi) is 6.23. The smallest absolute Gasteiger partial charge is 0.378 e. The summed E-state index contributed by atoms with van der Waals surface area (Å²) in [5.41, 5.74) is -0.926. The van der Waals surface area contributed by atoms with E-state index in [4.69, 9.17) is 4.74 Å². The number of halogens is 5. The van der Waals surface area contributed by atoms with Crippen LogP contribution in [0.3, 0.4) is 0 Å². The third-order valence-electron chi connectivity index (χ3n) is 3.17. The number of hydrogen-bond acceptors (Lipinski definition) is 2. The van der Waals surface area contributed by atoms with Gasteiger partial charge < -0.3 is 9.64 Å². The van der Waals surface area contributed by atoms with Crippen molar-refractivity contribution in [1.82, 2.24) is 4.90 Å². The first kappa shape index (κ1) is 17.2. The van der Waals surface area contributed by atoms with E-state index in [-0.39, 0.29) is 32.7 Å². The van der Waals surface area contributed by atoms with Crippen LogP contribution in [0.5, 0.6) is 0 Å². The van der Waals surface area contributed by atoms with E-state index in [1.165, 1.54) is 0 Å². The van der Waals surface area contributed by atoms with Gasteiger partial charge in [0.2, 0.25) is 0 Å². The molecule has 0 aliphatic carbocycles. The molecule has 1 saturated heterocycles. The van der Waals surface area contributed by atoms with Crippen LogP contribution < -0.4 is 0 Å². The number of unbranched alkanes of at least 4 members (excludes halogenated alkanes) is 3. The molecule has 0 saturated carbocycles. The molecule has 0 atom stereocenters. The molecule has 20 heavy (non-hydrogen) atoms. The van der Waals surface area contributed by atoms with Crippen molar-refractivity contribution < 1.29 is 26.7 Å². The van der Waals surface area contributed by atoms with Gasteiger partial charge in [-0.1, -0.05) is 25.8 Å². The summed E-state index contributed by atoms with van der Waals surface area (Å²) < 4.78 is 69.9. The van der Waals surface area contributed by atoms with Gasteiger partial charge in [0.15, 0.2) is 0 Å². The Bertz CT molecular complexity index is 321. The zero-order valence-electron chi connectivity index (χ0n) is 11.5. The van der Waals surface area contributed by atoms with Crippen LogP contribution in [0.15, 0.2) is 11.8 Å². The van der Waals surface area contributed by atoms with E-state index in [1.54, 1.807) is 0 Å². The lowest BCUT2D eigenvalue weighted by molar-refractivity contribution is -0.271. The van der Waals surface area contributed by atoms with E-state index in [1.807, 2.05) is 6.92 Å². The minimum Gasteiger partial charge on any atom is -0.378 e. The Hall–Kier alpha value is -0.850. The average Bonchev–Trinajstić information content (AvgIpc) is 2.38. The van der Waals surface area contributed by atoms with Crippen molar-refractivity contribution in [2.24, 2.45) is 0 Å². The molecule has 1 rings (SSSR count). The van der Waals surface area contributed by atoms with Gasteiger partial charge in [-0.15, -0.1) is 0 Å². The second-order valence-electron chi connectivity index (χ2n) is 4.76. The van der Waals surface area contributed by atoms with Crippen molar-refractivity contribution in [3.8, 4) is 0 Å². The molecule has 0 aromatic rings. The maximum atomic E-state index is 13.6. The van der Waals surface area contributed by atoms with Crippen LogP contribution in [0, 0.1) is 0 Å². The first-order valence-electron chi connectivity index (χ1n) is 6.78. The largest absolute Gasteiger partial charge is 0.459 e. The van der Waals surface area contributed by atoms with Crippen molar-refractivity contribution in [3.63, 3.8) is 0 Å². The fourth-order valence-electron chi connectivity index (χ4n) is 2.04. The third-order valence-corrected chi connectivity index (χ3v) is 3.17. The quantitative estimate of drug-likeness (QED) is 0.543. The van der Waals surface area contributed by atoms with E-state index in [0.717, 1.165) is 23.8 Å². The van der Waals surface area contributed by atoms with E-state index in [0.29, 0.717) is 6.42 Å². The lowest BCUT2D eigenvalue weighted by Gasteiger charge is -2.35. The molecule has 7 heteroatoms. The predicted octanol–water partition coefficient (Wildman–Crippen LogP) is 3.98. The predicted molar refractivity (Wildman–Crippen MR) is 65.6 cm³/mol. The van der Waals surface area contributed by atoms with E-state index < -0.39 is 17.8 Å². The molecule has 0 aromatic carbocycles. The highest BCUT2D eigenvalue weighted by molar-refractivity contribution is 5.15. The van der Waals surface area contributed by atoms with Gasteiger partial charge in [-0.2, -0.15) is 22.0 Å². The summed E-state index contributed by atoms with van der Waals surface area (Å²) in [7, 11) is 0. The number of morpholine rings is 1. The number of alkyl halides is 5. The minimum atomic E-state index is -5.57. The number of ether oxygens (including phenoxy) is 1. The number of nitrogens with zero attached hydrogens (tertiary/aromatic N) is 1.